The Kier molecular flexibility index (Phi) is 29.3. The number of rotatable bonds is 33. The number of nitrogens with zero attached hydrogens (tertiary/aromatic N) is 6. The zero-order valence-electron chi connectivity index (χ0n) is 48.2. The van der Waals surface area contributed by atoms with Crippen molar-refractivity contribution in [1.29, 1.82) is 0 Å². The van der Waals surface area contributed by atoms with Crippen LogP contribution in [0.4, 0.5) is 0 Å². The molecule has 1 fully saturated rings. The van der Waals surface area contributed by atoms with Crippen LogP contribution in [0.2, 0.25) is 0 Å². The Bertz CT molecular complexity index is 2580. The molecule has 80 heavy (non-hydrogen) atoms. The number of carbonyl (C=O) groups excluding carboxylic acids is 6. The Morgan fingerprint density at radius 1 is 0.925 bits per heavy atom. The van der Waals surface area contributed by atoms with Crippen LogP contribution in [0.1, 0.15) is 129 Å². The normalized spacial score (nSPS) is 16.4. The number of nitrogens with one attached hydrogen (secondary N) is 4. The molecule has 438 valence electrons. The summed E-state index contributed by atoms with van der Waals surface area (Å²) in [5.41, 5.74) is 1.57. The number of hydrogen-bond donors (Lipinski definition) is 6. The fourth-order valence-electron chi connectivity index (χ4n) is 9.65. The fourth-order valence-corrected chi connectivity index (χ4v) is 10.2. The van der Waals surface area contributed by atoms with Crippen LogP contribution in [-0.4, -0.2) is 153 Å². The average Bonchev–Trinajstić information content (AvgIpc) is 4.14. The summed E-state index contributed by atoms with van der Waals surface area (Å²) in [6, 6.07) is 8.73. The number of aliphatic hydroxyl groups excluding tert-OH is 1. The van der Waals surface area contributed by atoms with Crippen molar-refractivity contribution in [2.75, 3.05) is 32.9 Å². The molecule has 2 aromatic heterocycles. The zero-order valence-corrected chi connectivity index (χ0v) is 51.0. The Labute approximate surface area is 494 Å². The number of imidazole rings is 1. The van der Waals surface area contributed by atoms with E-state index >= 15 is 0 Å². The first-order valence-corrected chi connectivity index (χ1v) is 29.3. The number of benzene rings is 1. The Morgan fingerprint density at radius 3 is 2.21 bits per heavy atom. The van der Waals surface area contributed by atoms with Gasteiger partial charge in [0.2, 0.25) is 41.1 Å². The summed E-state index contributed by atoms with van der Waals surface area (Å²) < 4.78 is 31.7. The van der Waals surface area contributed by atoms with Gasteiger partial charge in [0.25, 0.3) is 10.1 Å². The molecule has 6 amide bonds. The third-order valence-electron chi connectivity index (χ3n) is 14.7. The van der Waals surface area contributed by atoms with E-state index in [0.717, 1.165) is 5.56 Å². The number of likely N-dealkylation sites (N-methyl/N-ethyl adjacent to an activating group) is 1. The van der Waals surface area contributed by atoms with E-state index in [2.05, 4.69) is 30.9 Å². The van der Waals surface area contributed by atoms with Gasteiger partial charge in [-0.1, -0.05) is 91.1 Å². The van der Waals surface area contributed by atoms with Gasteiger partial charge in [-0.15, -0.1) is 0 Å². The Hall–Kier alpha value is -5.46. The van der Waals surface area contributed by atoms with Gasteiger partial charge in [0.15, 0.2) is 6.20 Å². The van der Waals surface area contributed by atoms with E-state index in [0.29, 0.717) is 74.0 Å². The number of amides is 6. The maximum absolute atomic E-state index is 14.9. The molecule has 1 aromatic carbocycles. The average molecular weight is 1150 g/mol. The predicted octanol–water partition coefficient (Wildman–Crippen LogP) is -0.134. The number of aliphatic imine (C=N–C) groups is 1. The Balaban J connectivity index is 0.0000168. The summed E-state index contributed by atoms with van der Waals surface area (Å²) in [4.78, 5) is 99.2. The van der Waals surface area contributed by atoms with Gasteiger partial charge in [0.1, 0.15) is 30.7 Å². The topological polar surface area (TPSA) is 314 Å². The van der Waals surface area contributed by atoms with Gasteiger partial charge in [-0.25, -0.2) is 4.98 Å². The first-order chi connectivity index (χ1) is 37.4. The van der Waals surface area contributed by atoms with Gasteiger partial charge >= 0.3 is 29.6 Å². The molecule has 0 spiro atoms. The van der Waals surface area contributed by atoms with Crippen molar-refractivity contribution in [1.82, 2.24) is 40.6 Å². The van der Waals surface area contributed by atoms with E-state index < -0.39 is 87.6 Å². The van der Waals surface area contributed by atoms with Crippen molar-refractivity contribution in [2.24, 2.45) is 28.7 Å². The molecule has 4 rings (SSSR count). The Morgan fingerprint density at radius 2 is 1.60 bits per heavy atom. The van der Waals surface area contributed by atoms with Crippen LogP contribution < -0.4 is 55.3 Å². The van der Waals surface area contributed by atoms with Gasteiger partial charge < -0.3 is 51.1 Å². The molecule has 0 bridgehead atoms. The maximum atomic E-state index is 14.9. The van der Waals surface area contributed by atoms with Crippen molar-refractivity contribution < 1.29 is 86.2 Å². The number of carbonyl (C=O) groups is 6. The molecular weight excluding hydrogens is 1060 g/mol. The molecule has 1 aliphatic rings. The SMILES string of the molecule is CC[C@H](C)[C@H](N=C([O-])[C@@H](C[C@H](O)[C@H](CC(C)C)NC(=O)[C@H](Cc1cnc[nH]1)N(C)C(=O)[C@H](Cc1ccccc1)NC(=O)[C@@H]1CCCN1C(=O)CCCCCCC(=O)N(C)CCS(=O)(=O)O)C(C)C)C(=O)NCc1cccc[n+]1[O-].[Na+]. The van der Waals surface area contributed by atoms with Gasteiger partial charge in [-0.3, -0.25) is 38.3 Å². The van der Waals surface area contributed by atoms with E-state index in [1.54, 1.807) is 18.2 Å². The number of aliphatic hydroxyl groups is 1. The molecule has 0 aliphatic carbocycles. The molecule has 3 aromatic rings. The number of pyridine rings is 1. The first-order valence-electron chi connectivity index (χ1n) is 27.6. The van der Waals surface area contributed by atoms with Crippen molar-refractivity contribution in [3.05, 3.63) is 89.4 Å². The molecule has 24 heteroatoms. The van der Waals surface area contributed by atoms with Gasteiger partial charge in [0, 0.05) is 76.9 Å². The minimum atomic E-state index is -4.19. The van der Waals surface area contributed by atoms with E-state index in [9.17, 15) is 52.6 Å². The van der Waals surface area contributed by atoms with Crippen LogP contribution >= 0.6 is 0 Å². The van der Waals surface area contributed by atoms with E-state index in [-0.39, 0.29) is 104 Å². The molecule has 8 atom stereocenters. The van der Waals surface area contributed by atoms with Crippen molar-refractivity contribution in [3.63, 3.8) is 0 Å². The molecule has 0 radical (unpaired) electrons. The summed E-state index contributed by atoms with van der Waals surface area (Å²) >= 11 is 0. The second kappa shape index (κ2) is 34.1. The van der Waals surface area contributed by atoms with E-state index in [4.69, 9.17) is 4.55 Å². The number of hydrogen-bond acceptors (Lipinski definition) is 13. The molecule has 1 aliphatic heterocycles. The summed E-state index contributed by atoms with van der Waals surface area (Å²) in [5, 5.41) is 47.1. The largest absolute Gasteiger partial charge is 1.00 e. The van der Waals surface area contributed by atoms with Crippen molar-refractivity contribution in [2.45, 2.75) is 168 Å². The van der Waals surface area contributed by atoms with Crippen LogP contribution in [0, 0.1) is 28.9 Å². The monoisotopic (exact) mass is 1140 g/mol. The fraction of sp³-hybridized carbons (Fsp3) is 0.625. The standard InChI is InChI=1S/C56H86N10O12S.Na/c1-9-39(6)51(55(73)58-35-42-22-17-18-27-66(42)75)62-52(70)43(38(4)5)33-48(67)44(30-37(2)3)60-54(72)47(32-41-34-57-36-59-41)64(8)56(74)45(31-40-20-13-12-14-21-40)61-53(71)46-23-19-26-65(46)50(69)25-16-11-10-15-24-49(68)63(7)28-29-79(76,77)78;/h12-14,17-18,20-22,27,34,36-39,43-48,51,67H,9-11,15-16,19,23-26,28-33,35H2,1-8H3,(H,57,59)(H,58,73)(H,60,72)(H,61,71)(H,62,70)(H,76,77,78);/q;+1/p-1/t39-,43-,44-,45-,46-,47-,48-,51-;/m0./s1. The van der Waals surface area contributed by atoms with Gasteiger partial charge in [-0.05, 0) is 79.7 Å². The second-order valence-electron chi connectivity index (χ2n) is 21.7. The summed E-state index contributed by atoms with van der Waals surface area (Å²) in [7, 11) is -1.25. The zero-order chi connectivity index (χ0) is 58.4. The molecule has 3 heterocycles. The summed E-state index contributed by atoms with van der Waals surface area (Å²) in [6.45, 7) is 11.3. The summed E-state index contributed by atoms with van der Waals surface area (Å²) in [6.07, 6.45) is 7.40. The number of aromatic nitrogens is 3. The molecular formula is C56H85N10NaO12S. The quantitative estimate of drug-likeness (QED) is 0.00882. The van der Waals surface area contributed by atoms with Crippen LogP contribution in [0.3, 0.4) is 0 Å². The van der Waals surface area contributed by atoms with Crippen LogP contribution in [0.5, 0.6) is 0 Å². The molecule has 0 unspecified atom stereocenters. The van der Waals surface area contributed by atoms with Crippen LogP contribution in [0.15, 0.2) is 72.2 Å². The minimum absolute atomic E-state index is 0. The van der Waals surface area contributed by atoms with Gasteiger partial charge in [-0.2, -0.15) is 13.1 Å². The van der Waals surface area contributed by atoms with Crippen LogP contribution in [-0.2, 0) is 58.3 Å². The maximum Gasteiger partial charge on any atom is 1.00 e. The predicted molar refractivity (Wildman–Crippen MR) is 296 cm³/mol. The molecule has 22 nitrogen and oxygen atoms in total. The minimum Gasteiger partial charge on any atom is -0.862 e. The summed E-state index contributed by atoms with van der Waals surface area (Å²) in [5.74, 6) is -5.38. The number of aromatic amines is 1. The van der Waals surface area contributed by atoms with Gasteiger partial charge in [0.05, 0.1) is 24.2 Å². The molecule has 0 saturated carbocycles. The van der Waals surface area contributed by atoms with Crippen molar-refractivity contribution in [3.8, 4) is 0 Å². The van der Waals surface area contributed by atoms with E-state index in [1.165, 1.54) is 47.5 Å². The number of likely N-dealkylation sites (tertiary alicyclic amines) is 1. The molecule has 6 N–H and O–H groups in total. The molecule has 1 saturated heterocycles. The first kappa shape index (κ1) is 68.8. The number of unbranched alkanes of at least 4 members (excludes halogenated alkanes) is 3. The third-order valence-corrected chi connectivity index (χ3v) is 15.4. The van der Waals surface area contributed by atoms with E-state index in [1.807, 2.05) is 71.9 Å². The van der Waals surface area contributed by atoms with Crippen LogP contribution in [0.25, 0.3) is 0 Å². The number of H-pyrrole nitrogens is 1. The van der Waals surface area contributed by atoms with Crippen molar-refractivity contribution >= 4 is 51.5 Å². The smallest absolute Gasteiger partial charge is 0.862 e. The third kappa shape index (κ3) is 22.5. The second-order valence-corrected chi connectivity index (χ2v) is 23.3.